The zero-order valence-corrected chi connectivity index (χ0v) is 18.2. The van der Waals surface area contributed by atoms with Crippen molar-refractivity contribution in [1.29, 1.82) is 0 Å². The molecule has 0 bridgehead atoms. The van der Waals surface area contributed by atoms with Crippen LogP contribution in [0.4, 0.5) is 4.39 Å². The Morgan fingerprint density at radius 1 is 1.09 bits per heavy atom. The summed E-state index contributed by atoms with van der Waals surface area (Å²) in [4.78, 5) is 33.3. The molecule has 0 spiro atoms. The van der Waals surface area contributed by atoms with Gasteiger partial charge in [0.1, 0.15) is 5.82 Å². The van der Waals surface area contributed by atoms with Gasteiger partial charge in [0.05, 0.1) is 6.54 Å². The van der Waals surface area contributed by atoms with Crippen molar-refractivity contribution in [2.24, 2.45) is 7.05 Å². The second kappa shape index (κ2) is 8.03. The fraction of sp³-hybridized carbons (Fsp3) is 0.409. The van der Waals surface area contributed by atoms with E-state index in [9.17, 15) is 14.0 Å². The first kappa shape index (κ1) is 20.7. The quantitative estimate of drug-likeness (QED) is 0.491. The van der Waals surface area contributed by atoms with Crippen molar-refractivity contribution in [3.8, 4) is 0 Å². The lowest BCUT2D eigenvalue weighted by atomic mass is 10.2. The minimum Gasteiger partial charge on any atom is -0.314 e. The van der Waals surface area contributed by atoms with Gasteiger partial charge in [0, 0.05) is 63.8 Å². The van der Waals surface area contributed by atoms with Crippen molar-refractivity contribution in [3.05, 3.63) is 68.4 Å². The third-order valence-corrected chi connectivity index (χ3v) is 6.28. The maximum absolute atomic E-state index is 14.2. The van der Waals surface area contributed by atoms with Crippen molar-refractivity contribution < 1.29 is 4.39 Å². The molecule has 1 fully saturated rings. The number of piperazine rings is 1. The van der Waals surface area contributed by atoms with Gasteiger partial charge in [-0.2, -0.15) is 4.98 Å². The topological polar surface area (TPSA) is 81.5 Å². The Bertz CT molecular complexity index is 1420. The Hall–Kier alpha value is -3.24. The largest absolute Gasteiger partial charge is 0.332 e. The van der Waals surface area contributed by atoms with E-state index in [0.717, 1.165) is 49.5 Å². The minimum absolute atomic E-state index is 0.135. The SMILES string of the molecule is Cc1cn2c3c(=O)n(Cc4ccccc4F)c(=O)n(C)c3nc2n1CCN1CCNCC1. The average molecular weight is 439 g/mol. The molecule has 0 saturated carbocycles. The number of rotatable bonds is 5. The highest BCUT2D eigenvalue weighted by Gasteiger charge is 2.21. The minimum atomic E-state index is -0.518. The molecule has 4 heterocycles. The Balaban J connectivity index is 1.60. The van der Waals surface area contributed by atoms with Crippen LogP contribution in [0.25, 0.3) is 16.9 Å². The van der Waals surface area contributed by atoms with Gasteiger partial charge in [0.2, 0.25) is 5.78 Å². The second-order valence-electron chi connectivity index (χ2n) is 8.29. The van der Waals surface area contributed by atoms with Gasteiger partial charge in [-0.1, -0.05) is 18.2 Å². The molecule has 0 radical (unpaired) electrons. The number of aromatic nitrogens is 5. The van der Waals surface area contributed by atoms with Crippen molar-refractivity contribution in [1.82, 2.24) is 33.3 Å². The van der Waals surface area contributed by atoms with Crippen LogP contribution >= 0.6 is 0 Å². The van der Waals surface area contributed by atoms with Crippen LogP contribution < -0.4 is 16.6 Å². The molecule has 168 valence electrons. The molecule has 0 aliphatic carbocycles. The fourth-order valence-electron chi connectivity index (χ4n) is 4.44. The van der Waals surface area contributed by atoms with E-state index in [4.69, 9.17) is 0 Å². The summed E-state index contributed by atoms with van der Waals surface area (Å²) in [6, 6.07) is 6.16. The fourth-order valence-corrected chi connectivity index (χ4v) is 4.44. The standard InChI is InChI=1S/C22H26FN7O2/c1-15-13-29-18-19(25-21(29)28(15)12-11-27-9-7-24-8-10-27)26(2)22(32)30(20(18)31)14-16-5-3-4-6-17(16)23/h3-6,13,24H,7-12,14H2,1-2H3. The summed E-state index contributed by atoms with van der Waals surface area (Å²) < 4.78 is 20.4. The van der Waals surface area contributed by atoms with Crippen molar-refractivity contribution in [3.63, 3.8) is 0 Å². The maximum Gasteiger partial charge on any atom is 0.332 e. The predicted molar refractivity (Wildman–Crippen MR) is 120 cm³/mol. The van der Waals surface area contributed by atoms with Crippen molar-refractivity contribution in [2.75, 3.05) is 32.7 Å². The number of imidazole rings is 2. The first-order valence-corrected chi connectivity index (χ1v) is 10.8. The summed E-state index contributed by atoms with van der Waals surface area (Å²) in [5.41, 5.74) is 0.932. The third kappa shape index (κ3) is 3.35. The molecule has 3 aromatic heterocycles. The molecule has 9 nitrogen and oxygen atoms in total. The van der Waals surface area contributed by atoms with E-state index in [-0.39, 0.29) is 12.1 Å². The van der Waals surface area contributed by atoms with E-state index in [2.05, 4.69) is 19.8 Å². The third-order valence-electron chi connectivity index (χ3n) is 6.28. The summed E-state index contributed by atoms with van der Waals surface area (Å²) in [6.07, 6.45) is 1.88. The first-order valence-electron chi connectivity index (χ1n) is 10.8. The number of benzene rings is 1. The molecule has 4 aromatic rings. The summed E-state index contributed by atoms with van der Waals surface area (Å²) in [5, 5.41) is 3.35. The van der Waals surface area contributed by atoms with Gasteiger partial charge < -0.3 is 9.88 Å². The Morgan fingerprint density at radius 2 is 1.84 bits per heavy atom. The van der Waals surface area contributed by atoms with Gasteiger partial charge in [-0.3, -0.25) is 23.2 Å². The lowest BCUT2D eigenvalue weighted by Gasteiger charge is -2.27. The number of aryl methyl sites for hydroxylation is 2. The van der Waals surface area contributed by atoms with Gasteiger partial charge in [-0.25, -0.2) is 9.18 Å². The van der Waals surface area contributed by atoms with Gasteiger partial charge in [0.15, 0.2) is 11.2 Å². The monoisotopic (exact) mass is 439 g/mol. The number of hydrogen-bond acceptors (Lipinski definition) is 5. The van der Waals surface area contributed by atoms with Gasteiger partial charge in [-0.15, -0.1) is 0 Å². The van der Waals surface area contributed by atoms with Crippen LogP contribution in [-0.2, 0) is 20.1 Å². The van der Waals surface area contributed by atoms with E-state index in [1.54, 1.807) is 29.6 Å². The van der Waals surface area contributed by atoms with Crippen LogP contribution in [0, 0.1) is 12.7 Å². The second-order valence-corrected chi connectivity index (χ2v) is 8.29. The highest BCUT2D eigenvalue weighted by molar-refractivity contribution is 5.75. The van der Waals surface area contributed by atoms with E-state index >= 15 is 0 Å². The molecule has 0 atom stereocenters. The molecule has 1 N–H and O–H groups in total. The highest BCUT2D eigenvalue weighted by atomic mass is 19.1. The molecular weight excluding hydrogens is 413 g/mol. The molecule has 0 amide bonds. The van der Waals surface area contributed by atoms with Crippen LogP contribution in [-0.4, -0.2) is 60.7 Å². The van der Waals surface area contributed by atoms with E-state index in [1.807, 2.05) is 13.1 Å². The van der Waals surface area contributed by atoms with Crippen molar-refractivity contribution in [2.45, 2.75) is 20.0 Å². The molecule has 5 rings (SSSR count). The molecule has 1 aromatic carbocycles. The van der Waals surface area contributed by atoms with Gasteiger partial charge in [0.25, 0.3) is 5.56 Å². The molecular formula is C22H26FN7O2. The lowest BCUT2D eigenvalue weighted by Crippen LogP contribution is -2.44. The highest BCUT2D eigenvalue weighted by Crippen LogP contribution is 2.17. The maximum atomic E-state index is 14.2. The van der Waals surface area contributed by atoms with E-state index in [1.165, 1.54) is 10.6 Å². The number of halogens is 1. The van der Waals surface area contributed by atoms with Crippen LogP contribution in [0.15, 0.2) is 40.1 Å². The normalized spacial score (nSPS) is 15.2. The zero-order chi connectivity index (χ0) is 22.4. The Morgan fingerprint density at radius 3 is 2.59 bits per heavy atom. The van der Waals surface area contributed by atoms with Crippen molar-refractivity contribution >= 4 is 16.9 Å². The van der Waals surface area contributed by atoms with Crippen LogP contribution in [0.1, 0.15) is 11.3 Å². The van der Waals surface area contributed by atoms with E-state index < -0.39 is 17.1 Å². The predicted octanol–water partition coefficient (Wildman–Crippen LogP) is 0.550. The summed E-state index contributed by atoms with van der Waals surface area (Å²) >= 11 is 0. The van der Waals surface area contributed by atoms with Crippen LogP contribution in [0.5, 0.6) is 0 Å². The average Bonchev–Trinajstić information content (AvgIpc) is 3.30. The molecule has 0 unspecified atom stereocenters. The first-order chi connectivity index (χ1) is 15.5. The summed E-state index contributed by atoms with van der Waals surface area (Å²) in [5.74, 6) is 0.179. The molecule has 1 saturated heterocycles. The van der Waals surface area contributed by atoms with E-state index in [0.29, 0.717) is 16.9 Å². The number of hydrogen-bond donors (Lipinski definition) is 1. The summed E-state index contributed by atoms with van der Waals surface area (Å²) in [7, 11) is 1.59. The summed E-state index contributed by atoms with van der Waals surface area (Å²) in [6.45, 7) is 7.44. The molecule has 10 heteroatoms. The zero-order valence-electron chi connectivity index (χ0n) is 18.2. The molecule has 1 aliphatic heterocycles. The Labute approximate surface area is 183 Å². The number of fused-ring (bicyclic) bond motifs is 3. The van der Waals surface area contributed by atoms with Gasteiger partial charge >= 0.3 is 5.69 Å². The van der Waals surface area contributed by atoms with Crippen LogP contribution in [0.2, 0.25) is 0 Å². The lowest BCUT2D eigenvalue weighted by molar-refractivity contribution is 0.233. The number of nitrogens with zero attached hydrogens (tertiary/aromatic N) is 6. The van der Waals surface area contributed by atoms with Crippen LogP contribution in [0.3, 0.4) is 0 Å². The Kier molecular flexibility index (Phi) is 5.18. The molecule has 32 heavy (non-hydrogen) atoms. The smallest absolute Gasteiger partial charge is 0.314 e. The number of nitrogens with one attached hydrogen (secondary N) is 1. The van der Waals surface area contributed by atoms with Gasteiger partial charge in [-0.05, 0) is 13.0 Å². The molecule has 1 aliphatic rings.